The van der Waals surface area contributed by atoms with E-state index < -0.39 is 11.9 Å². The first-order valence-electron chi connectivity index (χ1n) is 9.10. The van der Waals surface area contributed by atoms with Crippen LogP contribution in [0.1, 0.15) is 15.9 Å². The molecule has 0 saturated carbocycles. The van der Waals surface area contributed by atoms with Gasteiger partial charge in [0, 0.05) is 0 Å². The van der Waals surface area contributed by atoms with Crippen LogP contribution in [0.5, 0.6) is 17.2 Å². The molecule has 30 heavy (non-hydrogen) atoms. The number of methoxy groups -OCH3 is 1. The van der Waals surface area contributed by atoms with Gasteiger partial charge in [-0.05, 0) is 54.1 Å². The van der Waals surface area contributed by atoms with E-state index in [1.807, 2.05) is 18.2 Å². The summed E-state index contributed by atoms with van der Waals surface area (Å²) >= 11 is 0. The van der Waals surface area contributed by atoms with Crippen LogP contribution in [0.15, 0.2) is 84.0 Å². The van der Waals surface area contributed by atoms with Crippen molar-refractivity contribution >= 4 is 18.1 Å². The molecule has 0 saturated heterocycles. The van der Waals surface area contributed by atoms with Gasteiger partial charge >= 0.3 is 5.97 Å². The summed E-state index contributed by atoms with van der Waals surface area (Å²) in [6.07, 6.45) is 1.45. The minimum Gasteiger partial charge on any atom is -0.497 e. The molecule has 0 radical (unpaired) electrons. The van der Waals surface area contributed by atoms with Crippen molar-refractivity contribution in [1.29, 1.82) is 0 Å². The molecule has 0 fully saturated rings. The number of hydrogen-bond donors (Lipinski definition) is 1. The van der Waals surface area contributed by atoms with E-state index >= 15 is 0 Å². The number of hydrogen-bond acceptors (Lipinski definition) is 6. The molecule has 0 aliphatic carbocycles. The van der Waals surface area contributed by atoms with E-state index in [2.05, 4.69) is 10.5 Å². The van der Waals surface area contributed by atoms with Crippen molar-refractivity contribution in [2.24, 2.45) is 5.10 Å². The summed E-state index contributed by atoms with van der Waals surface area (Å²) in [6, 6.07) is 22.4. The molecule has 0 heterocycles. The van der Waals surface area contributed by atoms with Gasteiger partial charge in [0.05, 0.1) is 18.9 Å². The number of para-hydroxylation sites is 1. The van der Waals surface area contributed by atoms with Crippen LogP contribution in [0.3, 0.4) is 0 Å². The quantitative estimate of drug-likeness (QED) is 0.269. The normalized spacial score (nSPS) is 10.4. The van der Waals surface area contributed by atoms with Gasteiger partial charge in [-0.1, -0.05) is 30.3 Å². The highest BCUT2D eigenvalue weighted by atomic mass is 16.5. The van der Waals surface area contributed by atoms with Crippen molar-refractivity contribution in [1.82, 2.24) is 5.43 Å². The minimum absolute atomic E-state index is 0.152. The lowest BCUT2D eigenvalue weighted by atomic mass is 10.2. The highest BCUT2D eigenvalue weighted by Crippen LogP contribution is 2.16. The Kier molecular flexibility index (Phi) is 7.16. The van der Waals surface area contributed by atoms with Gasteiger partial charge in [0.1, 0.15) is 17.2 Å². The molecule has 1 N–H and O–H groups in total. The fourth-order valence-electron chi connectivity index (χ4n) is 2.43. The van der Waals surface area contributed by atoms with Gasteiger partial charge in [-0.15, -0.1) is 0 Å². The lowest BCUT2D eigenvalue weighted by Gasteiger charge is -2.06. The molecule has 0 unspecified atom stereocenters. The number of carbonyl (C=O) groups excluding carboxylic acids is 2. The summed E-state index contributed by atoms with van der Waals surface area (Å²) in [5, 5.41) is 3.89. The number of benzene rings is 3. The Bertz CT molecular complexity index is 1020. The fourth-order valence-corrected chi connectivity index (χ4v) is 2.43. The van der Waals surface area contributed by atoms with E-state index in [9.17, 15) is 9.59 Å². The summed E-state index contributed by atoms with van der Waals surface area (Å²) in [5.74, 6) is 0.734. The van der Waals surface area contributed by atoms with Crippen LogP contribution in [0.25, 0.3) is 0 Å². The zero-order chi connectivity index (χ0) is 21.2. The van der Waals surface area contributed by atoms with Gasteiger partial charge in [0.25, 0.3) is 5.91 Å². The summed E-state index contributed by atoms with van der Waals surface area (Å²) in [7, 11) is 1.55. The third-order valence-corrected chi connectivity index (χ3v) is 3.91. The number of ether oxygens (including phenoxy) is 3. The minimum atomic E-state index is -0.488. The van der Waals surface area contributed by atoms with Gasteiger partial charge in [0.2, 0.25) is 0 Å². The molecule has 0 aromatic heterocycles. The van der Waals surface area contributed by atoms with Crippen molar-refractivity contribution < 1.29 is 23.8 Å². The molecule has 1 amide bonds. The molecule has 152 valence electrons. The highest BCUT2D eigenvalue weighted by molar-refractivity contribution is 5.91. The average molecular weight is 404 g/mol. The van der Waals surface area contributed by atoms with E-state index in [4.69, 9.17) is 14.2 Å². The number of hydrazone groups is 1. The van der Waals surface area contributed by atoms with Crippen molar-refractivity contribution in [3.63, 3.8) is 0 Å². The van der Waals surface area contributed by atoms with E-state index in [1.54, 1.807) is 67.8 Å². The second kappa shape index (κ2) is 10.4. The van der Waals surface area contributed by atoms with Crippen LogP contribution in [0, 0.1) is 0 Å². The lowest BCUT2D eigenvalue weighted by molar-refractivity contribution is -0.123. The predicted octanol–water partition coefficient (Wildman–Crippen LogP) is 3.44. The Balaban J connectivity index is 1.51. The van der Waals surface area contributed by atoms with Gasteiger partial charge < -0.3 is 14.2 Å². The number of rotatable bonds is 8. The number of esters is 1. The number of carbonyl (C=O) groups is 2. The second-order valence-corrected chi connectivity index (χ2v) is 6.09. The summed E-state index contributed by atoms with van der Waals surface area (Å²) in [4.78, 5) is 24.0. The Hall–Kier alpha value is -4.13. The Morgan fingerprint density at radius 3 is 2.37 bits per heavy atom. The van der Waals surface area contributed by atoms with Crippen molar-refractivity contribution in [3.05, 3.63) is 90.0 Å². The third kappa shape index (κ3) is 6.20. The maximum absolute atomic E-state index is 12.2. The van der Waals surface area contributed by atoms with Crippen molar-refractivity contribution in [2.45, 2.75) is 0 Å². The SMILES string of the molecule is COc1ccc(C(=O)Oc2cccc(/C=N/NC(=O)COc3ccccc3)c2)cc1. The van der Waals surface area contributed by atoms with E-state index in [-0.39, 0.29) is 6.61 Å². The molecule has 0 spiro atoms. The first-order chi connectivity index (χ1) is 14.6. The summed E-state index contributed by atoms with van der Waals surface area (Å²) in [5.41, 5.74) is 3.44. The maximum atomic E-state index is 12.2. The smallest absolute Gasteiger partial charge is 0.343 e. The van der Waals surface area contributed by atoms with Gasteiger partial charge in [0.15, 0.2) is 6.61 Å². The molecule has 3 aromatic carbocycles. The molecule has 3 rings (SSSR count). The van der Waals surface area contributed by atoms with Crippen LogP contribution < -0.4 is 19.6 Å². The molecule has 0 atom stereocenters. The first kappa shape index (κ1) is 20.6. The predicted molar refractivity (Wildman–Crippen MR) is 112 cm³/mol. The zero-order valence-electron chi connectivity index (χ0n) is 16.3. The van der Waals surface area contributed by atoms with E-state index in [0.29, 0.717) is 28.4 Å². The molecular weight excluding hydrogens is 384 g/mol. The van der Waals surface area contributed by atoms with Gasteiger partial charge in [-0.25, -0.2) is 10.2 Å². The topological polar surface area (TPSA) is 86.2 Å². The fraction of sp³-hybridized carbons (Fsp3) is 0.0870. The second-order valence-electron chi connectivity index (χ2n) is 6.09. The van der Waals surface area contributed by atoms with Crippen molar-refractivity contribution in [3.8, 4) is 17.2 Å². The summed E-state index contributed by atoms with van der Waals surface area (Å²) < 4.78 is 15.8. The molecule has 0 aliphatic rings. The monoisotopic (exact) mass is 404 g/mol. The van der Waals surface area contributed by atoms with Crippen LogP contribution in [-0.4, -0.2) is 31.8 Å². The Morgan fingerprint density at radius 2 is 1.63 bits per heavy atom. The number of amides is 1. The largest absolute Gasteiger partial charge is 0.497 e. The number of nitrogens with zero attached hydrogens (tertiary/aromatic N) is 1. The molecule has 7 nitrogen and oxygen atoms in total. The van der Waals surface area contributed by atoms with E-state index in [1.165, 1.54) is 6.21 Å². The molecule has 0 aliphatic heterocycles. The standard InChI is InChI=1S/C23H20N2O5/c1-28-19-12-10-18(11-13-19)23(27)30-21-9-5-6-17(14-21)15-24-25-22(26)16-29-20-7-3-2-4-8-20/h2-15H,16H2,1H3,(H,25,26)/b24-15+. The van der Waals surface area contributed by atoms with Gasteiger partial charge in [-0.2, -0.15) is 5.10 Å². The summed E-state index contributed by atoms with van der Waals surface area (Å²) in [6.45, 7) is -0.152. The van der Waals surface area contributed by atoms with Crippen LogP contribution >= 0.6 is 0 Å². The van der Waals surface area contributed by atoms with Gasteiger partial charge in [-0.3, -0.25) is 4.79 Å². The molecular formula is C23H20N2O5. The Morgan fingerprint density at radius 1 is 0.900 bits per heavy atom. The highest BCUT2D eigenvalue weighted by Gasteiger charge is 2.09. The average Bonchev–Trinajstić information content (AvgIpc) is 2.79. The molecule has 0 bridgehead atoms. The lowest BCUT2D eigenvalue weighted by Crippen LogP contribution is -2.24. The van der Waals surface area contributed by atoms with Crippen LogP contribution in [0.2, 0.25) is 0 Å². The Labute approximate surface area is 173 Å². The zero-order valence-corrected chi connectivity index (χ0v) is 16.3. The third-order valence-electron chi connectivity index (χ3n) is 3.91. The first-order valence-corrected chi connectivity index (χ1v) is 9.10. The molecule has 3 aromatic rings. The maximum Gasteiger partial charge on any atom is 0.343 e. The molecule has 7 heteroatoms. The van der Waals surface area contributed by atoms with E-state index in [0.717, 1.165) is 0 Å². The number of nitrogens with one attached hydrogen (secondary N) is 1. The van der Waals surface area contributed by atoms with Crippen LogP contribution in [0.4, 0.5) is 0 Å². The van der Waals surface area contributed by atoms with Crippen molar-refractivity contribution in [2.75, 3.05) is 13.7 Å². The van der Waals surface area contributed by atoms with Crippen LogP contribution in [-0.2, 0) is 4.79 Å².